The van der Waals surface area contributed by atoms with Gasteiger partial charge < -0.3 is 20.3 Å². The van der Waals surface area contributed by atoms with Crippen LogP contribution in [-0.4, -0.2) is 47.2 Å². The summed E-state index contributed by atoms with van der Waals surface area (Å²) in [5.74, 6) is -4.80. The van der Waals surface area contributed by atoms with Crippen LogP contribution in [0.5, 0.6) is 17.5 Å². The molecule has 4 rings (SSSR count). The quantitative estimate of drug-likeness (QED) is 0.389. The van der Waals surface area contributed by atoms with Crippen molar-refractivity contribution in [3.63, 3.8) is 0 Å². The third-order valence-corrected chi connectivity index (χ3v) is 7.91. The predicted octanol–water partition coefficient (Wildman–Crippen LogP) is 4.06. The van der Waals surface area contributed by atoms with Crippen LogP contribution in [0, 0.1) is 11.6 Å². The van der Waals surface area contributed by atoms with Crippen LogP contribution in [0.2, 0.25) is 0 Å². The number of nitrogens with zero attached hydrogens (tertiary/aromatic N) is 2. The molecule has 0 aliphatic carbocycles. The second-order valence-electron chi connectivity index (χ2n) is 8.79. The summed E-state index contributed by atoms with van der Waals surface area (Å²) in [7, 11) is -3.39. The van der Waals surface area contributed by atoms with Crippen molar-refractivity contribution in [3.05, 3.63) is 71.3 Å². The normalized spacial score (nSPS) is 15.8. The van der Waals surface area contributed by atoms with Gasteiger partial charge in [-0.3, -0.25) is 0 Å². The molecular weight excluding hydrogens is 520 g/mol. The first-order chi connectivity index (χ1) is 18.1. The highest BCUT2D eigenvalue weighted by Crippen LogP contribution is 2.33. The van der Waals surface area contributed by atoms with Crippen LogP contribution in [0.15, 0.2) is 48.5 Å². The Hall–Kier alpha value is -3.61. The highest BCUT2D eigenvalue weighted by Gasteiger charge is 2.28. The zero-order chi connectivity index (χ0) is 27.4. The summed E-state index contributed by atoms with van der Waals surface area (Å²) in [6.07, 6.45) is -0.842. The van der Waals surface area contributed by atoms with E-state index >= 15 is 0 Å². The van der Waals surface area contributed by atoms with Gasteiger partial charge in [0.1, 0.15) is 5.75 Å². The molecule has 1 aliphatic rings. The molecule has 12 heteroatoms. The Bertz CT molecular complexity index is 1450. The maximum atomic E-state index is 14.6. The van der Waals surface area contributed by atoms with E-state index in [0.29, 0.717) is 36.7 Å². The Morgan fingerprint density at radius 1 is 1.11 bits per heavy atom. The number of carbonyl (C=O) groups is 1. The van der Waals surface area contributed by atoms with E-state index in [-0.39, 0.29) is 24.5 Å². The van der Waals surface area contributed by atoms with E-state index in [1.807, 2.05) is 24.3 Å². The highest BCUT2D eigenvalue weighted by molar-refractivity contribution is 7.89. The Kier molecular flexibility index (Phi) is 8.24. The average Bonchev–Trinajstić information content (AvgIpc) is 3.21. The van der Waals surface area contributed by atoms with Gasteiger partial charge >= 0.3 is 5.97 Å². The monoisotopic (exact) mass is 547 g/mol. The van der Waals surface area contributed by atoms with Crippen LogP contribution in [0.25, 0.3) is 11.1 Å². The van der Waals surface area contributed by atoms with E-state index in [0.717, 1.165) is 11.1 Å². The van der Waals surface area contributed by atoms with Crippen molar-refractivity contribution in [2.24, 2.45) is 5.73 Å². The van der Waals surface area contributed by atoms with Crippen LogP contribution in [0.3, 0.4) is 0 Å². The zero-order valence-corrected chi connectivity index (χ0v) is 21.4. The van der Waals surface area contributed by atoms with Crippen LogP contribution in [-0.2, 0) is 27.9 Å². The predicted molar refractivity (Wildman–Crippen MR) is 135 cm³/mol. The molecule has 3 N–H and O–H groups in total. The number of rotatable bonds is 10. The molecule has 1 fully saturated rings. The number of aliphatic carboxylic acids is 1. The molecule has 0 radical (unpaired) electrons. The lowest BCUT2D eigenvalue weighted by Gasteiger charge is -2.17. The number of sulfonamides is 1. The number of hydrogen-bond acceptors (Lipinski definition) is 7. The van der Waals surface area contributed by atoms with E-state index in [2.05, 4.69) is 4.98 Å². The van der Waals surface area contributed by atoms with Gasteiger partial charge in [-0.25, -0.2) is 22.0 Å². The lowest BCUT2D eigenvalue weighted by molar-refractivity contribution is -0.145. The number of aromatic nitrogens is 1. The Labute approximate surface area is 218 Å². The second-order valence-corrected chi connectivity index (χ2v) is 10.9. The van der Waals surface area contributed by atoms with Crippen molar-refractivity contribution in [1.82, 2.24) is 9.29 Å². The van der Waals surface area contributed by atoms with Gasteiger partial charge in [0, 0.05) is 25.7 Å². The highest BCUT2D eigenvalue weighted by atomic mass is 32.2. The van der Waals surface area contributed by atoms with Crippen molar-refractivity contribution in [2.45, 2.75) is 39.0 Å². The summed E-state index contributed by atoms with van der Waals surface area (Å²) in [5.41, 5.74) is 8.65. The van der Waals surface area contributed by atoms with Gasteiger partial charge in [-0.2, -0.15) is 9.29 Å². The smallest absolute Gasteiger partial charge is 0.344 e. The molecule has 1 aromatic heterocycles. The topological polar surface area (TPSA) is 132 Å². The second kappa shape index (κ2) is 11.4. The standard InChI is InChI=1S/C26H27F2N3O6S/c1-2-23(26(32)33)37-25-22(28)13-21(27)24(30-25)36-20-11-17(15-31-7-4-8-38(31,34)35)10-19(12-20)18-6-3-5-16(9-18)14-29/h3,5-6,9-13,23H,2,4,7-8,14-15,29H2,1H3,(H,32,33)/t23-/m1/s1. The number of benzene rings is 2. The number of hydrogen-bond donors (Lipinski definition) is 2. The van der Waals surface area contributed by atoms with Crippen molar-refractivity contribution < 1.29 is 36.6 Å². The summed E-state index contributed by atoms with van der Waals surface area (Å²) < 4.78 is 65.9. The molecule has 0 unspecified atom stereocenters. The molecule has 0 saturated carbocycles. The van der Waals surface area contributed by atoms with E-state index in [9.17, 15) is 27.1 Å². The molecule has 2 aromatic carbocycles. The molecule has 3 aromatic rings. The van der Waals surface area contributed by atoms with Crippen LogP contribution in [0.4, 0.5) is 8.78 Å². The summed E-state index contributed by atoms with van der Waals surface area (Å²) >= 11 is 0. The number of carboxylic acids is 1. The number of nitrogens with two attached hydrogens (primary N) is 1. The van der Waals surface area contributed by atoms with Gasteiger partial charge in [-0.05, 0) is 59.4 Å². The first-order valence-electron chi connectivity index (χ1n) is 11.9. The van der Waals surface area contributed by atoms with Crippen LogP contribution < -0.4 is 15.2 Å². The van der Waals surface area contributed by atoms with Crippen molar-refractivity contribution >= 4 is 16.0 Å². The first-order valence-corrected chi connectivity index (χ1v) is 13.5. The Morgan fingerprint density at radius 2 is 1.84 bits per heavy atom. The van der Waals surface area contributed by atoms with E-state index in [1.165, 1.54) is 11.2 Å². The van der Waals surface area contributed by atoms with Gasteiger partial charge in [-0.15, -0.1) is 0 Å². The lowest BCUT2D eigenvalue weighted by atomic mass is 10.0. The third-order valence-electron chi connectivity index (χ3n) is 6.00. The minimum atomic E-state index is -3.39. The molecule has 0 amide bonds. The molecule has 9 nitrogen and oxygen atoms in total. The zero-order valence-electron chi connectivity index (χ0n) is 20.6. The van der Waals surface area contributed by atoms with Crippen LogP contribution in [0.1, 0.15) is 30.9 Å². The summed E-state index contributed by atoms with van der Waals surface area (Å²) in [4.78, 5) is 15.0. The largest absolute Gasteiger partial charge is 0.479 e. The maximum Gasteiger partial charge on any atom is 0.344 e. The van der Waals surface area contributed by atoms with Gasteiger partial charge in [0.15, 0.2) is 17.7 Å². The molecule has 202 valence electrons. The number of halogens is 2. The Balaban J connectivity index is 1.73. The number of pyridine rings is 1. The van der Waals surface area contributed by atoms with E-state index in [4.69, 9.17) is 15.2 Å². The fourth-order valence-corrected chi connectivity index (χ4v) is 5.58. The fraction of sp³-hybridized carbons (Fsp3) is 0.308. The van der Waals surface area contributed by atoms with Gasteiger partial charge in [0.2, 0.25) is 10.0 Å². The molecule has 0 bridgehead atoms. The van der Waals surface area contributed by atoms with Crippen molar-refractivity contribution in [3.8, 4) is 28.6 Å². The molecule has 1 aliphatic heterocycles. The van der Waals surface area contributed by atoms with Crippen LogP contribution >= 0.6 is 0 Å². The molecule has 1 saturated heterocycles. The summed E-state index contributed by atoms with van der Waals surface area (Å²) in [5, 5.41) is 9.21. The SMILES string of the molecule is CC[C@@H](Oc1nc(Oc2cc(CN3CCCS3(=O)=O)cc(-c3cccc(CN)c3)c2)c(F)cc1F)C(=O)O. The third kappa shape index (κ3) is 6.26. The van der Waals surface area contributed by atoms with Gasteiger partial charge in [0.25, 0.3) is 11.8 Å². The van der Waals surface area contributed by atoms with Crippen molar-refractivity contribution in [2.75, 3.05) is 12.3 Å². The molecule has 38 heavy (non-hydrogen) atoms. The molecule has 0 spiro atoms. The van der Waals surface area contributed by atoms with Gasteiger partial charge in [0.05, 0.1) is 5.75 Å². The van der Waals surface area contributed by atoms with E-state index < -0.39 is 45.5 Å². The maximum absolute atomic E-state index is 14.6. The van der Waals surface area contributed by atoms with E-state index in [1.54, 1.807) is 18.2 Å². The summed E-state index contributed by atoms with van der Waals surface area (Å²) in [6.45, 7) is 2.30. The number of carboxylic acid groups (broad SMARTS) is 1. The fourth-order valence-electron chi connectivity index (χ4n) is 4.07. The minimum absolute atomic E-state index is 0.0245. The van der Waals surface area contributed by atoms with Crippen molar-refractivity contribution in [1.29, 1.82) is 0 Å². The average molecular weight is 548 g/mol. The Morgan fingerprint density at radius 3 is 2.50 bits per heavy atom. The van der Waals surface area contributed by atoms with Gasteiger partial charge in [-0.1, -0.05) is 25.1 Å². The summed E-state index contributed by atoms with van der Waals surface area (Å²) in [6, 6.07) is 12.9. The minimum Gasteiger partial charge on any atom is -0.479 e. The lowest BCUT2D eigenvalue weighted by Crippen LogP contribution is -2.26. The molecule has 1 atom stereocenters. The first kappa shape index (κ1) is 27.4. The molecule has 2 heterocycles. The molecular formula is C26H27F2N3O6S. The number of ether oxygens (including phenoxy) is 2.